The van der Waals surface area contributed by atoms with Gasteiger partial charge in [-0.1, -0.05) is 31.2 Å². The van der Waals surface area contributed by atoms with Gasteiger partial charge in [0.15, 0.2) is 0 Å². The van der Waals surface area contributed by atoms with Crippen LogP contribution in [0.5, 0.6) is 0 Å². The van der Waals surface area contributed by atoms with Crippen LogP contribution in [0.3, 0.4) is 0 Å². The summed E-state index contributed by atoms with van der Waals surface area (Å²) in [7, 11) is -3.84. The van der Waals surface area contributed by atoms with E-state index in [1.165, 1.54) is 11.3 Å². The monoisotopic (exact) mass is 348 g/mol. The summed E-state index contributed by atoms with van der Waals surface area (Å²) in [5, 5.41) is 10.9. The highest BCUT2D eigenvalue weighted by Gasteiger charge is 2.21. The number of carbonyl (C=O) groups is 1. The molecule has 0 spiro atoms. The molecule has 2 aromatic rings. The third-order valence-electron chi connectivity index (χ3n) is 3.27. The molecule has 2 rings (SSSR count). The van der Waals surface area contributed by atoms with E-state index < -0.39 is 27.6 Å². The van der Waals surface area contributed by atoms with E-state index in [9.17, 15) is 13.2 Å². The number of rotatable bonds is 6. The maximum Gasteiger partial charge on any atom is 0.239 e. The van der Waals surface area contributed by atoms with E-state index in [1.54, 1.807) is 31.2 Å². The molecule has 1 atom stereocenters. The van der Waals surface area contributed by atoms with Gasteiger partial charge in [-0.25, -0.2) is 8.42 Å². The molecule has 5 nitrogen and oxygen atoms in total. The maximum absolute atomic E-state index is 12.1. The molecule has 0 saturated heterocycles. The quantitative estimate of drug-likeness (QED) is 0.868. The van der Waals surface area contributed by atoms with Crippen molar-refractivity contribution in [2.45, 2.75) is 19.1 Å². The van der Waals surface area contributed by atoms with Crippen molar-refractivity contribution in [2.24, 2.45) is 5.92 Å². The molecule has 0 radical (unpaired) electrons. The van der Waals surface area contributed by atoms with Crippen molar-refractivity contribution in [3.63, 3.8) is 0 Å². The number of nitrogens with one attached hydrogen (secondary N) is 1. The van der Waals surface area contributed by atoms with Gasteiger partial charge in [-0.2, -0.15) is 5.26 Å². The molecule has 1 heterocycles. The Hall–Kier alpha value is -2.17. The highest BCUT2D eigenvalue weighted by atomic mass is 32.2. The lowest BCUT2D eigenvalue weighted by atomic mass is 10.1. The highest BCUT2D eigenvalue weighted by Crippen LogP contribution is 2.15. The molecule has 120 valence electrons. The second-order valence-electron chi connectivity index (χ2n) is 5.18. The summed E-state index contributed by atoms with van der Waals surface area (Å²) in [4.78, 5) is 13.1. The number of amides is 1. The van der Waals surface area contributed by atoms with Crippen LogP contribution in [-0.4, -0.2) is 14.3 Å². The third-order valence-corrected chi connectivity index (χ3v) is 5.38. The van der Waals surface area contributed by atoms with E-state index in [0.29, 0.717) is 12.0 Å². The standard InChI is InChI=1S/C16H16N2O3S2/c1-12(9-15-7-4-8-22-15)16(19)18-23(20,21)11-14-6-3-2-5-13(14)10-17/h2-8,12H,9,11H2,1H3,(H,18,19). The largest absolute Gasteiger partial charge is 0.274 e. The Balaban J connectivity index is 2.03. The fourth-order valence-electron chi connectivity index (χ4n) is 2.07. The lowest BCUT2D eigenvalue weighted by Crippen LogP contribution is -2.36. The van der Waals surface area contributed by atoms with Crippen LogP contribution < -0.4 is 4.72 Å². The Morgan fingerprint density at radius 2 is 2.04 bits per heavy atom. The Labute approximate surface area is 139 Å². The Bertz CT molecular complexity index is 821. The molecule has 0 bridgehead atoms. The average Bonchev–Trinajstić information content (AvgIpc) is 2.99. The summed E-state index contributed by atoms with van der Waals surface area (Å²) < 4.78 is 26.4. The minimum absolute atomic E-state index is 0.289. The van der Waals surface area contributed by atoms with Gasteiger partial charge in [0, 0.05) is 10.8 Å². The zero-order valence-electron chi connectivity index (χ0n) is 12.5. The molecule has 0 aliphatic heterocycles. The summed E-state index contributed by atoms with van der Waals surface area (Å²) in [6.45, 7) is 1.69. The molecule has 1 aromatic heterocycles. The zero-order valence-corrected chi connectivity index (χ0v) is 14.2. The molecule has 0 aliphatic carbocycles. The minimum Gasteiger partial charge on any atom is -0.274 e. The minimum atomic E-state index is -3.84. The molecular weight excluding hydrogens is 332 g/mol. The molecule has 1 amide bonds. The molecule has 23 heavy (non-hydrogen) atoms. The fraction of sp³-hybridized carbons (Fsp3) is 0.250. The number of hydrogen-bond donors (Lipinski definition) is 1. The lowest BCUT2D eigenvalue weighted by molar-refractivity contribution is -0.122. The second kappa shape index (κ2) is 7.40. The highest BCUT2D eigenvalue weighted by molar-refractivity contribution is 7.89. The molecule has 0 aliphatic rings. The van der Waals surface area contributed by atoms with Gasteiger partial charge in [-0.05, 0) is 29.5 Å². The first-order chi connectivity index (χ1) is 10.9. The van der Waals surface area contributed by atoms with Gasteiger partial charge >= 0.3 is 0 Å². The number of benzene rings is 1. The summed E-state index contributed by atoms with van der Waals surface area (Å²) >= 11 is 1.53. The molecule has 1 unspecified atom stereocenters. The molecule has 1 aromatic carbocycles. The topological polar surface area (TPSA) is 87.0 Å². The van der Waals surface area contributed by atoms with E-state index in [0.717, 1.165) is 4.88 Å². The van der Waals surface area contributed by atoms with Gasteiger partial charge in [0.05, 0.1) is 17.4 Å². The van der Waals surface area contributed by atoms with Crippen LogP contribution in [0.4, 0.5) is 0 Å². The Kier molecular flexibility index (Phi) is 5.53. The number of hydrogen-bond acceptors (Lipinski definition) is 5. The molecular formula is C16H16N2O3S2. The second-order valence-corrected chi connectivity index (χ2v) is 7.93. The van der Waals surface area contributed by atoms with Crippen LogP contribution in [0, 0.1) is 17.2 Å². The molecule has 1 N–H and O–H groups in total. The maximum atomic E-state index is 12.1. The van der Waals surface area contributed by atoms with Gasteiger partial charge in [-0.15, -0.1) is 11.3 Å². The van der Waals surface area contributed by atoms with Gasteiger partial charge in [0.25, 0.3) is 0 Å². The lowest BCUT2D eigenvalue weighted by Gasteiger charge is -2.12. The van der Waals surface area contributed by atoms with E-state index in [2.05, 4.69) is 4.72 Å². The van der Waals surface area contributed by atoms with Gasteiger partial charge in [0.2, 0.25) is 15.9 Å². The van der Waals surface area contributed by atoms with E-state index in [4.69, 9.17) is 5.26 Å². The van der Waals surface area contributed by atoms with Crippen LogP contribution in [0.2, 0.25) is 0 Å². The van der Waals surface area contributed by atoms with Gasteiger partial charge in [0.1, 0.15) is 0 Å². The number of nitriles is 1. The predicted molar refractivity (Wildman–Crippen MR) is 89.1 cm³/mol. The first-order valence-corrected chi connectivity index (χ1v) is 9.49. The van der Waals surface area contributed by atoms with Crippen LogP contribution >= 0.6 is 11.3 Å². The zero-order chi connectivity index (χ0) is 16.9. The normalized spacial score (nSPS) is 12.3. The number of carbonyl (C=O) groups excluding carboxylic acids is 1. The smallest absolute Gasteiger partial charge is 0.239 e. The first-order valence-electron chi connectivity index (χ1n) is 6.96. The van der Waals surface area contributed by atoms with Crippen LogP contribution in [0.25, 0.3) is 0 Å². The van der Waals surface area contributed by atoms with Crippen molar-refractivity contribution in [2.75, 3.05) is 0 Å². The molecule has 0 fully saturated rings. The Morgan fingerprint density at radius 1 is 1.30 bits per heavy atom. The van der Waals surface area contributed by atoms with Crippen molar-refractivity contribution in [1.29, 1.82) is 5.26 Å². The summed E-state index contributed by atoms with van der Waals surface area (Å²) in [5.74, 6) is -1.38. The van der Waals surface area contributed by atoms with Gasteiger partial charge < -0.3 is 0 Å². The van der Waals surface area contributed by atoms with Crippen LogP contribution in [0.15, 0.2) is 41.8 Å². The van der Waals surface area contributed by atoms with E-state index in [-0.39, 0.29) is 5.56 Å². The third kappa shape index (κ3) is 4.91. The molecule has 0 saturated carbocycles. The number of sulfonamides is 1. The number of thiophene rings is 1. The van der Waals surface area contributed by atoms with E-state index in [1.807, 2.05) is 23.6 Å². The summed E-state index contributed by atoms with van der Waals surface area (Å²) in [6.07, 6.45) is 0.494. The molecule has 7 heteroatoms. The fourth-order valence-corrected chi connectivity index (χ4v) is 4.15. The Morgan fingerprint density at radius 3 is 2.70 bits per heavy atom. The summed E-state index contributed by atoms with van der Waals surface area (Å²) in [6, 6.07) is 12.2. The van der Waals surface area contributed by atoms with Crippen molar-refractivity contribution in [3.8, 4) is 6.07 Å². The SMILES string of the molecule is CC(Cc1cccs1)C(=O)NS(=O)(=O)Cc1ccccc1C#N. The van der Waals surface area contributed by atoms with Crippen LogP contribution in [-0.2, 0) is 27.0 Å². The predicted octanol–water partition coefficient (Wildman–Crippen LogP) is 2.44. The number of nitrogens with zero attached hydrogens (tertiary/aromatic N) is 1. The van der Waals surface area contributed by atoms with Crippen molar-refractivity contribution in [3.05, 3.63) is 57.8 Å². The van der Waals surface area contributed by atoms with Gasteiger partial charge in [-0.3, -0.25) is 9.52 Å². The van der Waals surface area contributed by atoms with Crippen molar-refractivity contribution in [1.82, 2.24) is 4.72 Å². The van der Waals surface area contributed by atoms with Crippen molar-refractivity contribution >= 4 is 27.3 Å². The average molecular weight is 348 g/mol. The summed E-state index contributed by atoms with van der Waals surface area (Å²) in [5.41, 5.74) is 0.665. The van der Waals surface area contributed by atoms with Crippen LogP contribution in [0.1, 0.15) is 22.9 Å². The van der Waals surface area contributed by atoms with E-state index >= 15 is 0 Å². The first kappa shape index (κ1) is 17.2. The van der Waals surface area contributed by atoms with Crippen molar-refractivity contribution < 1.29 is 13.2 Å².